The highest BCUT2D eigenvalue weighted by molar-refractivity contribution is 7.98. The normalized spacial score (nSPS) is 19.1. The van der Waals surface area contributed by atoms with Crippen LogP contribution < -0.4 is 0 Å². The maximum absolute atomic E-state index is 8.99. The summed E-state index contributed by atoms with van der Waals surface area (Å²) >= 11 is 1.40. The van der Waals surface area contributed by atoms with Crippen molar-refractivity contribution in [1.29, 1.82) is 5.26 Å². The summed E-state index contributed by atoms with van der Waals surface area (Å²) in [6.45, 7) is 0. The Hall–Kier alpha value is -1.02. The lowest BCUT2D eigenvalue weighted by Crippen LogP contribution is -2.32. The minimum absolute atomic E-state index is 0.471. The molecule has 1 fully saturated rings. The van der Waals surface area contributed by atoms with Crippen molar-refractivity contribution in [3.05, 3.63) is 5.89 Å². The molecule has 68 valence electrons. The van der Waals surface area contributed by atoms with E-state index in [1.165, 1.54) is 11.8 Å². The van der Waals surface area contributed by atoms with Gasteiger partial charge < -0.3 is 4.42 Å². The zero-order chi connectivity index (χ0) is 9.31. The van der Waals surface area contributed by atoms with Crippen LogP contribution >= 0.6 is 11.8 Å². The van der Waals surface area contributed by atoms with E-state index in [0.717, 1.165) is 19.3 Å². The molecule has 0 aliphatic heterocycles. The van der Waals surface area contributed by atoms with E-state index in [-0.39, 0.29) is 0 Å². The van der Waals surface area contributed by atoms with Crippen LogP contribution in [0.2, 0.25) is 0 Å². The molecular formula is C8H9N3OS. The van der Waals surface area contributed by atoms with Crippen molar-refractivity contribution in [1.82, 2.24) is 10.2 Å². The van der Waals surface area contributed by atoms with Gasteiger partial charge in [0.25, 0.3) is 5.22 Å². The van der Waals surface area contributed by atoms with Gasteiger partial charge in [-0.15, -0.1) is 10.2 Å². The minimum atomic E-state index is -0.471. The summed E-state index contributed by atoms with van der Waals surface area (Å²) in [5, 5.41) is 17.2. The van der Waals surface area contributed by atoms with E-state index in [4.69, 9.17) is 9.68 Å². The zero-order valence-corrected chi connectivity index (χ0v) is 8.10. The van der Waals surface area contributed by atoms with Gasteiger partial charge in [-0.3, -0.25) is 0 Å². The maximum atomic E-state index is 8.99. The molecule has 13 heavy (non-hydrogen) atoms. The van der Waals surface area contributed by atoms with E-state index in [2.05, 4.69) is 16.3 Å². The van der Waals surface area contributed by atoms with Crippen LogP contribution in [-0.4, -0.2) is 16.5 Å². The van der Waals surface area contributed by atoms with Crippen LogP contribution in [0.4, 0.5) is 0 Å². The monoisotopic (exact) mass is 195 g/mol. The molecule has 1 aromatic heterocycles. The lowest BCUT2D eigenvalue weighted by molar-refractivity contribution is 0.243. The van der Waals surface area contributed by atoms with Gasteiger partial charge in [-0.25, -0.2) is 0 Å². The van der Waals surface area contributed by atoms with Gasteiger partial charge in [0.05, 0.1) is 6.07 Å². The third-order valence-corrected chi connectivity index (χ3v) is 2.93. The molecule has 0 spiro atoms. The van der Waals surface area contributed by atoms with Gasteiger partial charge in [-0.1, -0.05) is 11.8 Å². The van der Waals surface area contributed by atoms with Crippen LogP contribution in [-0.2, 0) is 5.41 Å². The molecule has 0 radical (unpaired) electrons. The molecule has 0 saturated heterocycles. The average Bonchev–Trinajstić information content (AvgIpc) is 2.52. The molecule has 0 unspecified atom stereocenters. The Morgan fingerprint density at radius 2 is 2.31 bits per heavy atom. The van der Waals surface area contributed by atoms with Gasteiger partial charge in [-0.05, 0) is 25.5 Å². The van der Waals surface area contributed by atoms with Crippen molar-refractivity contribution in [2.45, 2.75) is 29.9 Å². The predicted molar refractivity (Wildman–Crippen MR) is 47.2 cm³/mol. The number of thioether (sulfide) groups is 1. The molecular weight excluding hydrogens is 186 g/mol. The van der Waals surface area contributed by atoms with Gasteiger partial charge in [0.15, 0.2) is 0 Å². The Morgan fingerprint density at radius 1 is 1.54 bits per heavy atom. The topological polar surface area (TPSA) is 62.7 Å². The summed E-state index contributed by atoms with van der Waals surface area (Å²) in [6.07, 6.45) is 4.64. The van der Waals surface area contributed by atoms with E-state index < -0.39 is 5.41 Å². The van der Waals surface area contributed by atoms with Crippen molar-refractivity contribution in [3.63, 3.8) is 0 Å². The Bertz CT molecular complexity index is 351. The number of aromatic nitrogens is 2. The highest BCUT2D eigenvalue weighted by atomic mass is 32.2. The summed E-state index contributed by atoms with van der Waals surface area (Å²) < 4.78 is 5.35. The average molecular weight is 195 g/mol. The molecule has 0 aromatic carbocycles. The summed E-state index contributed by atoms with van der Waals surface area (Å²) in [5.41, 5.74) is -0.471. The fourth-order valence-electron chi connectivity index (χ4n) is 1.39. The molecule has 1 aliphatic carbocycles. The second-order valence-corrected chi connectivity index (χ2v) is 3.88. The van der Waals surface area contributed by atoms with Crippen molar-refractivity contribution in [2.24, 2.45) is 0 Å². The third-order valence-electron chi connectivity index (χ3n) is 2.41. The van der Waals surface area contributed by atoms with E-state index in [1.54, 1.807) is 0 Å². The smallest absolute Gasteiger partial charge is 0.276 e. The molecule has 1 heterocycles. The maximum Gasteiger partial charge on any atom is 0.276 e. The van der Waals surface area contributed by atoms with E-state index in [9.17, 15) is 0 Å². The largest absolute Gasteiger partial charge is 0.414 e. The number of nitrogens with zero attached hydrogens (tertiary/aromatic N) is 3. The first-order valence-corrected chi connectivity index (χ1v) is 5.32. The van der Waals surface area contributed by atoms with Gasteiger partial charge in [0, 0.05) is 0 Å². The fourth-order valence-corrected chi connectivity index (χ4v) is 1.67. The van der Waals surface area contributed by atoms with Gasteiger partial charge in [0.1, 0.15) is 5.41 Å². The highest BCUT2D eigenvalue weighted by Crippen LogP contribution is 2.42. The molecule has 0 amide bonds. The minimum Gasteiger partial charge on any atom is -0.414 e. The summed E-state index contributed by atoms with van der Waals surface area (Å²) in [4.78, 5) is 0. The second-order valence-electron chi connectivity index (χ2n) is 3.12. The first-order valence-electron chi connectivity index (χ1n) is 4.10. The van der Waals surface area contributed by atoms with Gasteiger partial charge >= 0.3 is 0 Å². The molecule has 1 aromatic rings. The van der Waals surface area contributed by atoms with Crippen molar-refractivity contribution in [3.8, 4) is 6.07 Å². The standard InChI is InChI=1S/C8H9N3OS/c1-13-7-11-10-6(12-7)8(5-9)3-2-4-8/h2-4H2,1H3. The zero-order valence-electron chi connectivity index (χ0n) is 7.28. The first kappa shape index (κ1) is 8.57. The van der Waals surface area contributed by atoms with Gasteiger partial charge in [-0.2, -0.15) is 5.26 Å². The molecule has 0 N–H and O–H groups in total. The lowest BCUT2D eigenvalue weighted by Gasteiger charge is -2.30. The summed E-state index contributed by atoms with van der Waals surface area (Å²) in [7, 11) is 0. The fraction of sp³-hybridized carbons (Fsp3) is 0.625. The first-order chi connectivity index (χ1) is 6.30. The number of nitriles is 1. The van der Waals surface area contributed by atoms with Crippen LogP contribution in [0, 0.1) is 11.3 Å². The second kappa shape index (κ2) is 3.04. The van der Waals surface area contributed by atoms with E-state index >= 15 is 0 Å². The Labute approximate surface area is 80.3 Å². The summed E-state index contributed by atoms with van der Waals surface area (Å²) in [5.74, 6) is 0.491. The molecule has 5 heteroatoms. The quantitative estimate of drug-likeness (QED) is 0.672. The van der Waals surface area contributed by atoms with Crippen molar-refractivity contribution in [2.75, 3.05) is 6.26 Å². The van der Waals surface area contributed by atoms with E-state index in [0.29, 0.717) is 11.1 Å². The Kier molecular flexibility index (Phi) is 2.00. The number of hydrogen-bond donors (Lipinski definition) is 0. The van der Waals surface area contributed by atoms with Gasteiger partial charge in [0.2, 0.25) is 5.89 Å². The SMILES string of the molecule is CSc1nnc(C2(C#N)CCC2)o1. The van der Waals surface area contributed by atoms with Crippen molar-refractivity contribution >= 4 is 11.8 Å². The molecule has 1 saturated carbocycles. The molecule has 4 nitrogen and oxygen atoms in total. The van der Waals surface area contributed by atoms with Crippen LogP contribution in [0.5, 0.6) is 0 Å². The number of hydrogen-bond acceptors (Lipinski definition) is 5. The molecule has 1 aliphatic rings. The Balaban J connectivity index is 2.29. The van der Waals surface area contributed by atoms with Crippen LogP contribution in [0.3, 0.4) is 0 Å². The van der Waals surface area contributed by atoms with E-state index in [1.807, 2.05) is 6.26 Å². The molecule has 0 atom stereocenters. The Morgan fingerprint density at radius 3 is 2.69 bits per heavy atom. The molecule has 2 rings (SSSR count). The lowest BCUT2D eigenvalue weighted by atomic mass is 9.70. The van der Waals surface area contributed by atoms with Crippen LogP contribution in [0.25, 0.3) is 0 Å². The summed E-state index contributed by atoms with van der Waals surface area (Å²) in [6, 6.07) is 2.26. The number of rotatable bonds is 2. The predicted octanol–water partition coefficient (Wildman–Crippen LogP) is 1.74. The van der Waals surface area contributed by atoms with Crippen LogP contribution in [0.1, 0.15) is 25.2 Å². The third kappa shape index (κ3) is 1.22. The highest BCUT2D eigenvalue weighted by Gasteiger charge is 2.44. The van der Waals surface area contributed by atoms with Crippen molar-refractivity contribution < 1.29 is 4.42 Å². The molecule has 0 bridgehead atoms. The van der Waals surface area contributed by atoms with Crippen LogP contribution in [0.15, 0.2) is 9.64 Å².